The first kappa shape index (κ1) is 14.3. The molecule has 0 radical (unpaired) electrons. The number of rotatable bonds is 5. The Kier molecular flexibility index (Phi) is 4.55. The van der Waals surface area contributed by atoms with E-state index in [2.05, 4.69) is 15.6 Å². The second kappa shape index (κ2) is 6.36. The van der Waals surface area contributed by atoms with Gasteiger partial charge in [0.2, 0.25) is 5.91 Å². The summed E-state index contributed by atoms with van der Waals surface area (Å²) in [6.45, 7) is 3.41. The first-order chi connectivity index (χ1) is 9.61. The maximum atomic E-state index is 11.8. The van der Waals surface area contributed by atoms with Gasteiger partial charge < -0.3 is 15.5 Å². The standard InChI is InChI=1S/C14H20N4O2/c1-3-7-15-13(19)10-4-5-12(16-9-10)17-11-6-8-18(2)14(11)20/h4-5,9,11H,3,6-8H2,1-2H3,(H,15,19)(H,16,17). The van der Waals surface area contributed by atoms with Crippen molar-refractivity contribution in [1.82, 2.24) is 15.2 Å². The minimum absolute atomic E-state index is 0.0802. The molecule has 1 fully saturated rings. The molecule has 6 nitrogen and oxygen atoms in total. The summed E-state index contributed by atoms with van der Waals surface area (Å²) in [7, 11) is 1.79. The van der Waals surface area contributed by atoms with Crippen molar-refractivity contribution in [2.75, 3.05) is 25.5 Å². The van der Waals surface area contributed by atoms with Crippen LogP contribution in [0, 0.1) is 0 Å². The van der Waals surface area contributed by atoms with Gasteiger partial charge in [-0.3, -0.25) is 9.59 Å². The van der Waals surface area contributed by atoms with E-state index in [0.29, 0.717) is 17.9 Å². The van der Waals surface area contributed by atoms with Crippen molar-refractivity contribution in [2.45, 2.75) is 25.8 Å². The molecule has 1 atom stereocenters. The third-order valence-corrected chi connectivity index (χ3v) is 3.31. The van der Waals surface area contributed by atoms with Gasteiger partial charge in [-0.25, -0.2) is 4.98 Å². The second-order valence-corrected chi connectivity index (χ2v) is 4.93. The van der Waals surface area contributed by atoms with Gasteiger partial charge in [0.15, 0.2) is 0 Å². The molecule has 1 aromatic rings. The molecule has 1 saturated heterocycles. The van der Waals surface area contributed by atoms with E-state index in [-0.39, 0.29) is 17.9 Å². The number of nitrogens with one attached hydrogen (secondary N) is 2. The molecule has 2 N–H and O–H groups in total. The molecule has 1 aliphatic heterocycles. The highest BCUT2D eigenvalue weighted by Gasteiger charge is 2.28. The molecule has 2 heterocycles. The normalized spacial score (nSPS) is 18.2. The Morgan fingerprint density at radius 1 is 1.50 bits per heavy atom. The Bertz CT molecular complexity index is 486. The van der Waals surface area contributed by atoms with Crippen LogP contribution in [0.5, 0.6) is 0 Å². The van der Waals surface area contributed by atoms with Crippen molar-refractivity contribution in [3.05, 3.63) is 23.9 Å². The largest absolute Gasteiger partial charge is 0.358 e. The quantitative estimate of drug-likeness (QED) is 0.836. The van der Waals surface area contributed by atoms with Gasteiger partial charge >= 0.3 is 0 Å². The van der Waals surface area contributed by atoms with Gasteiger partial charge in [0.1, 0.15) is 11.9 Å². The zero-order valence-corrected chi connectivity index (χ0v) is 11.8. The minimum Gasteiger partial charge on any atom is -0.358 e. The molecule has 0 aliphatic carbocycles. The predicted molar refractivity (Wildman–Crippen MR) is 76.5 cm³/mol. The Morgan fingerprint density at radius 3 is 2.85 bits per heavy atom. The van der Waals surface area contributed by atoms with Crippen molar-refractivity contribution < 1.29 is 9.59 Å². The van der Waals surface area contributed by atoms with Crippen molar-refractivity contribution in [3.63, 3.8) is 0 Å². The molecule has 2 rings (SSSR count). The smallest absolute Gasteiger partial charge is 0.252 e. The molecule has 108 valence electrons. The summed E-state index contributed by atoms with van der Waals surface area (Å²) in [6, 6.07) is 3.22. The molecule has 0 saturated carbocycles. The highest BCUT2D eigenvalue weighted by Crippen LogP contribution is 2.14. The molecule has 1 aromatic heterocycles. The molecule has 1 unspecified atom stereocenters. The lowest BCUT2D eigenvalue weighted by molar-refractivity contribution is -0.127. The van der Waals surface area contributed by atoms with E-state index in [1.807, 2.05) is 6.92 Å². The summed E-state index contributed by atoms with van der Waals surface area (Å²) in [5.41, 5.74) is 0.527. The number of carbonyl (C=O) groups is 2. The zero-order valence-electron chi connectivity index (χ0n) is 11.8. The second-order valence-electron chi connectivity index (χ2n) is 4.93. The average Bonchev–Trinajstić information content (AvgIpc) is 2.77. The van der Waals surface area contributed by atoms with E-state index in [9.17, 15) is 9.59 Å². The lowest BCUT2D eigenvalue weighted by Crippen LogP contribution is -2.31. The lowest BCUT2D eigenvalue weighted by Gasteiger charge is -2.13. The van der Waals surface area contributed by atoms with E-state index < -0.39 is 0 Å². The van der Waals surface area contributed by atoms with Crippen LogP contribution < -0.4 is 10.6 Å². The third kappa shape index (κ3) is 3.26. The summed E-state index contributed by atoms with van der Waals surface area (Å²) in [6.07, 6.45) is 3.20. The number of likely N-dealkylation sites (tertiary alicyclic amines) is 1. The van der Waals surface area contributed by atoms with Crippen LogP contribution in [0.2, 0.25) is 0 Å². The number of nitrogens with zero attached hydrogens (tertiary/aromatic N) is 2. The highest BCUT2D eigenvalue weighted by molar-refractivity contribution is 5.94. The van der Waals surface area contributed by atoms with E-state index >= 15 is 0 Å². The van der Waals surface area contributed by atoms with Crippen LogP contribution in [0.1, 0.15) is 30.1 Å². The van der Waals surface area contributed by atoms with Crippen molar-refractivity contribution in [2.24, 2.45) is 0 Å². The predicted octanol–water partition coefficient (Wildman–Crippen LogP) is 0.864. The van der Waals surface area contributed by atoms with Crippen LogP contribution in [-0.2, 0) is 4.79 Å². The first-order valence-electron chi connectivity index (χ1n) is 6.87. The highest BCUT2D eigenvalue weighted by atomic mass is 16.2. The molecular formula is C14H20N4O2. The minimum atomic E-state index is -0.215. The molecule has 0 bridgehead atoms. The molecule has 0 aromatic carbocycles. The number of carbonyl (C=O) groups excluding carboxylic acids is 2. The summed E-state index contributed by atoms with van der Waals surface area (Å²) >= 11 is 0. The van der Waals surface area contributed by atoms with Crippen LogP contribution in [0.3, 0.4) is 0 Å². The molecule has 20 heavy (non-hydrogen) atoms. The lowest BCUT2D eigenvalue weighted by atomic mass is 10.2. The fraction of sp³-hybridized carbons (Fsp3) is 0.500. The SMILES string of the molecule is CCCNC(=O)c1ccc(NC2CCN(C)C2=O)nc1. The van der Waals surface area contributed by atoms with Crippen LogP contribution in [0.25, 0.3) is 0 Å². The van der Waals surface area contributed by atoms with Gasteiger partial charge in [-0.15, -0.1) is 0 Å². The fourth-order valence-corrected chi connectivity index (χ4v) is 2.09. The maximum Gasteiger partial charge on any atom is 0.252 e. The monoisotopic (exact) mass is 276 g/mol. The van der Waals surface area contributed by atoms with E-state index in [4.69, 9.17) is 0 Å². The number of hydrogen-bond acceptors (Lipinski definition) is 4. The summed E-state index contributed by atoms with van der Waals surface area (Å²) in [4.78, 5) is 29.4. The number of aromatic nitrogens is 1. The van der Waals surface area contributed by atoms with Gasteiger partial charge in [-0.05, 0) is 25.0 Å². The Labute approximate surface area is 118 Å². The maximum absolute atomic E-state index is 11.8. The molecule has 0 spiro atoms. The van der Waals surface area contributed by atoms with E-state index in [1.54, 1.807) is 24.1 Å². The van der Waals surface area contributed by atoms with Crippen LogP contribution >= 0.6 is 0 Å². The Balaban J connectivity index is 1.95. The summed E-state index contributed by atoms with van der Waals surface area (Å²) in [5, 5.41) is 5.89. The van der Waals surface area contributed by atoms with Crippen molar-refractivity contribution in [3.8, 4) is 0 Å². The topological polar surface area (TPSA) is 74.3 Å². The van der Waals surface area contributed by atoms with Gasteiger partial charge in [0.25, 0.3) is 5.91 Å². The molecular weight excluding hydrogens is 256 g/mol. The van der Waals surface area contributed by atoms with Gasteiger partial charge in [-0.1, -0.05) is 6.92 Å². The van der Waals surface area contributed by atoms with Crippen molar-refractivity contribution in [1.29, 1.82) is 0 Å². The summed E-state index contributed by atoms with van der Waals surface area (Å²) in [5.74, 6) is 0.574. The van der Waals surface area contributed by atoms with Crippen LogP contribution in [0.4, 0.5) is 5.82 Å². The molecule has 2 amide bonds. The number of likely N-dealkylation sites (N-methyl/N-ethyl adjacent to an activating group) is 1. The van der Waals surface area contributed by atoms with Gasteiger partial charge in [-0.2, -0.15) is 0 Å². The van der Waals surface area contributed by atoms with Gasteiger partial charge in [0.05, 0.1) is 5.56 Å². The number of hydrogen-bond donors (Lipinski definition) is 2. The summed E-state index contributed by atoms with van der Waals surface area (Å²) < 4.78 is 0. The van der Waals surface area contributed by atoms with E-state index in [1.165, 1.54) is 6.20 Å². The number of anilines is 1. The van der Waals surface area contributed by atoms with Gasteiger partial charge in [0, 0.05) is 26.3 Å². The first-order valence-corrected chi connectivity index (χ1v) is 6.87. The average molecular weight is 276 g/mol. The third-order valence-electron chi connectivity index (χ3n) is 3.31. The van der Waals surface area contributed by atoms with Crippen LogP contribution in [0.15, 0.2) is 18.3 Å². The number of amides is 2. The fourth-order valence-electron chi connectivity index (χ4n) is 2.09. The zero-order chi connectivity index (χ0) is 14.5. The molecule has 1 aliphatic rings. The Morgan fingerprint density at radius 2 is 2.30 bits per heavy atom. The van der Waals surface area contributed by atoms with Crippen molar-refractivity contribution >= 4 is 17.6 Å². The Hall–Kier alpha value is -2.11. The van der Waals surface area contributed by atoms with Crippen LogP contribution in [-0.4, -0.2) is 47.9 Å². The molecule has 6 heteroatoms. The van der Waals surface area contributed by atoms with E-state index in [0.717, 1.165) is 19.4 Å². The number of pyridine rings is 1.